The monoisotopic (exact) mass is 392 g/mol. The summed E-state index contributed by atoms with van der Waals surface area (Å²) < 4.78 is 25.6. The second-order valence-electron chi connectivity index (χ2n) is 6.55. The maximum absolute atomic E-state index is 13.7. The van der Waals surface area contributed by atoms with Gasteiger partial charge in [-0.05, 0) is 53.9 Å². The maximum Gasteiger partial charge on any atom is 0.195 e. The van der Waals surface area contributed by atoms with Gasteiger partial charge in [0.15, 0.2) is 5.78 Å². The van der Waals surface area contributed by atoms with Gasteiger partial charge >= 0.3 is 0 Å². The third-order valence-corrected chi connectivity index (χ3v) is 5.66. The normalized spacial score (nSPS) is 12.2. The number of ketones is 1. The van der Waals surface area contributed by atoms with E-state index < -0.39 is 16.6 Å². The second-order valence-corrected chi connectivity index (χ2v) is 7.93. The number of halogens is 1. The first-order valence-corrected chi connectivity index (χ1v) is 10.2. The lowest BCUT2D eigenvalue weighted by Gasteiger charge is -2.09. The van der Waals surface area contributed by atoms with Gasteiger partial charge in [0.1, 0.15) is 11.5 Å². The standard InChI is InChI=1S/C22H17FN2O2S/c1-13-6-7-15(23)11-18(13)21(26)19-12-25-22-20(19)17(8-9-24-22)14-4-3-5-16(10-14)28(2)27/h3-12H,1-2H3,(H,24,25). The lowest BCUT2D eigenvalue weighted by molar-refractivity contribution is 0.103. The number of fused-ring (bicyclic) bond motifs is 1. The first kappa shape index (κ1) is 18.3. The van der Waals surface area contributed by atoms with Crippen molar-refractivity contribution in [3.05, 3.63) is 83.4 Å². The summed E-state index contributed by atoms with van der Waals surface area (Å²) in [5.74, 6) is -0.724. The number of hydrogen-bond acceptors (Lipinski definition) is 3. The second kappa shape index (κ2) is 7.13. The molecule has 0 saturated carbocycles. The van der Waals surface area contributed by atoms with Gasteiger partial charge in [0, 0.05) is 45.3 Å². The Hall–Kier alpha value is -3.12. The molecule has 28 heavy (non-hydrogen) atoms. The minimum Gasteiger partial charge on any atom is -0.345 e. The molecule has 2 aromatic carbocycles. The number of benzene rings is 2. The zero-order chi connectivity index (χ0) is 19.8. The Bertz CT molecular complexity index is 1250. The highest BCUT2D eigenvalue weighted by molar-refractivity contribution is 7.84. The van der Waals surface area contributed by atoms with Gasteiger partial charge in [-0.1, -0.05) is 18.2 Å². The molecule has 1 atom stereocenters. The van der Waals surface area contributed by atoms with E-state index in [1.807, 2.05) is 24.3 Å². The summed E-state index contributed by atoms with van der Waals surface area (Å²) in [7, 11) is -1.12. The number of carbonyl (C=O) groups is 1. The van der Waals surface area contributed by atoms with Crippen LogP contribution in [0.5, 0.6) is 0 Å². The van der Waals surface area contributed by atoms with Crippen molar-refractivity contribution in [1.29, 1.82) is 0 Å². The molecule has 2 heterocycles. The molecule has 140 valence electrons. The van der Waals surface area contributed by atoms with E-state index in [0.29, 0.717) is 32.6 Å². The Balaban J connectivity index is 1.93. The molecule has 4 aromatic rings. The molecular weight excluding hydrogens is 375 g/mol. The predicted octanol–water partition coefficient (Wildman–Crippen LogP) is 4.65. The Morgan fingerprint density at radius 2 is 1.93 bits per heavy atom. The van der Waals surface area contributed by atoms with Crippen LogP contribution in [0.25, 0.3) is 22.2 Å². The molecule has 0 aliphatic carbocycles. The summed E-state index contributed by atoms with van der Waals surface area (Å²) in [6, 6.07) is 13.4. The van der Waals surface area contributed by atoms with Crippen molar-refractivity contribution in [1.82, 2.24) is 9.97 Å². The van der Waals surface area contributed by atoms with Crippen LogP contribution in [-0.4, -0.2) is 26.2 Å². The van der Waals surface area contributed by atoms with Crippen LogP contribution in [0.1, 0.15) is 21.5 Å². The number of aromatic nitrogens is 2. The van der Waals surface area contributed by atoms with Crippen LogP contribution < -0.4 is 0 Å². The summed E-state index contributed by atoms with van der Waals surface area (Å²) in [5, 5.41) is 0.662. The molecule has 1 unspecified atom stereocenters. The van der Waals surface area contributed by atoms with Gasteiger partial charge in [-0.2, -0.15) is 0 Å². The van der Waals surface area contributed by atoms with Crippen molar-refractivity contribution in [3.63, 3.8) is 0 Å². The molecule has 6 heteroatoms. The zero-order valence-electron chi connectivity index (χ0n) is 15.3. The third-order valence-electron chi connectivity index (χ3n) is 4.74. The molecule has 2 aromatic heterocycles. The summed E-state index contributed by atoms with van der Waals surface area (Å²) in [6.07, 6.45) is 4.89. The summed E-state index contributed by atoms with van der Waals surface area (Å²) >= 11 is 0. The SMILES string of the molecule is Cc1ccc(F)cc1C(=O)c1c[nH]c2nccc(-c3cccc(S(C)=O)c3)c12. The number of aryl methyl sites for hydroxylation is 1. The molecule has 1 N–H and O–H groups in total. The fraction of sp³-hybridized carbons (Fsp3) is 0.0909. The first-order chi connectivity index (χ1) is 13.5. The molecule has 0 aliphatic rings. The molecule has 0 bridgehead atoms. The largest absolute Gasteiger partial charge is 0.345 e. The molecule has 4 nitrogen and oxygen atoms in total. The summed E-state index contributed by atoms with van der Waals surface area (Å²) in [4.78, 5) is 21.2. The van der Waals surface area contributed by atoms with Crippen LogP contribution in [-0.2, 0) is 10.8 Å². The average Bonchev–Trinajstić information content (AvgIpc) is 3.13. The number of carbonyl (C=O) groups excluding carboxylic acids is 1. The summed E-state index contributed by atoms with van der Waals surface area (Å²) in [5.41, 5.74) is 3.65. The minimum absolute atomic E-state index is 0.271. The van der Waals surface area contributed by atoms with Gasteiger partial charge in [0.25, 0.3) is 0 Å². The quantitative estimate of drug-likeness (QED) is 0.515. The van der Waals surface area contributed by atoms with Gasteiger partial charge in [-0.15, -0.1) is 0 Å². The highest BCUT2D eigenvalue weighted by Crippen LogP contribution is 2.32. The van der Waals surface area contributed by atoms with Crippen molar-refractivity contribution in [2.24, 2.45) is 0 Å². The Morgan fingerprint density at radius 3 is 2.71 bits per heavy atom. The molecule has 0 aliphatic heterocycles. The first-order valence-electron chi connectivity index (χ1n) is 8.66. The van der Waals surface area contributed by atoms with Crippen molar-refractivity contribution >= 4 is 27.6 Å². The highest BCUT2D eigenvalue weighted by Gasteiger charge is 2.20. The highest BCUT2D eigenvalue weighted by atomic mass is 32.2. The molecule has 4 rings (SSSR count). The van der Waals surface area contributed by atoms with E-state index >= 15 is 0 Å². The van der Waals surface area contributed by atoms with E-state index in [1.54, 1.807) is 37.7 Å². The van der Waals surface area contributed by atoms with E-state index in [9.17, 15) is 13.4 Å². The van der Waals surface area contributed by atoms with Crippen LogP contribution in [0, 0.1) is 12.7 Å². The van der Waals surface area contributed by atoms with Crippen molar-refractivity contribution in [3.8, 4) is 11.1 Å². The topological polar surface area (TPSA) is 62.8 Å². The molecule has 0 amide bonds. The molecule has 0 spiro atoms. The predicted molar refractivity (Wildman–Crippen MR) is 108 cm³/mol. The Labute approximate surface area is 163 Å². The van der Waals surface area contributed by atoms with E-state index in [0.717, 1.165) is 11.1 Å². The molecule has 0 fully saturated rings. The van der Waals surface area contributed by atoms with Crippen molar-refractivity contribution in [2.45, 2.75) is 11.8 Å². The lowest BCUT2D eigenvalue weighted by Crippen LogP contribution is -2.04. The number of nitrogens with zero attached hydrogens (tertiary/aromatic N) is 1. The lowest BCUT2D eigenvalue weighted by atomic mass is 9.95. The summed E-state index contributed by atoms with van der Waals surface area (Å²) in [6.45, 7) is 1.78. The maximum atomic E-state index is 13.7. The van der Waals surface area contributed by atoms with Crippen molar-refractivity contribution in [2.75, 3.05) is 6.26 Å². The smallest absolute Gasteiger partial charge is 0.195 e. The Morgan fingerprint density at radius 1 is 1.11 bits per heavy atom. The number of H-pyrrole nitrogens is 1. The molecular formula is C22H17FN2O2S. The van der Waals surface area contributed by atoms with Gasteiger partial charge in [-0.3, -0.25) is 9.00 Å². The van der Waals surface area contributed by atoms with E-state index in [-0.39, 0.29) is 5.78 Å². The van der Waals surface area contributed by atoms with Gasteiger partial charge < -0.3 is 4.98 Å². The van der Waals surface area contributed by atoms with Crippen LogP contribution in [0.4, 0.5) is 4.39 Å². The average molecular weight is 392 g/mol. The van der Waals surface area contributed by atoms with Gasteiger partial charge in [-0.25, -0.2) is 9.37 Å². The van der Waals surface area contributed by atoms with Crippen LogP contribution in [0.3, 0.4) is 0 Å². The van der Waals surface area contributed by atoms with Crippen LogP contribution in [0.2, 0.25) is 0 Å². The van der Waals surface area contributed by atoms with Crippen LogP contribution in [0.15, 0.2) is 65.8 Å². The van der Waals surface area contributed by atoms with Gasteiger partial charge in [0.2, 0.25) is 0 Å². The van der Waals surface area contributed by atoms with Gasteiger partial charge in [0.05, 0.1) is 5.56 Å². The van der Waals surface area contributed by atoms with E-state index in [2.05, 4.69) is 9.97 Å². The van der Waals surface area contributed by atoms with E-state index in [1.165, 1.54) is 12.1 Å². The number of hydrogen-bond donors (Lipinski definition) is 1. The molecule has 0 saturated heterocycles. The van der Waals surface area contributed by atoms with Crippen LogP contribution >= 0.6 is 0 Å². The number of aromatic amines is 1. The van der Waals surface area contributed by atoms with E-state index in [4.69, 9.17) is 0 Å². The number of pyridine rings is 1. The molecule has 0 radical (unpaired) electrons. The Kier molecular flexibility index (Phi) is 4.65. The fourth-order valence-electron chi connectivity index (χ4n) is 3.30. The van der Waals surface area contributed by atoms with Crippen molar-refractivity contribution < 1.29 is 13.4 Å². The fourth-order valence-corrected chi connectivity index (χ4v) is 3.87. The zero-order valence-corrected chi connectivity index (χ0v) is 16.1. The number of rotatable bonds is 4. The third kappa shape index (κ3) is 3.16. The number of nitrogens with one attached hydrogen (secondary N) is 1. The minimum atomic E-state index is -1.12.